The second-order valence-electron chi connectivity index (χ2n) is 7.24. The molecule has 0 rings (SSSR count). The Morgan fingerprint density at radius 1 is 0.579 bits per heavy atom. The van der Waals surface area contributed by atoms with E-state index in [1.807, 2.05) is 0 Å². The first-order chi connectivity index (χ1) is 8.83. The molecule has 0 aromatic heterocycles. The van der Waals surface area contributed by atoms with Gasteiger partial charge in [-0.2, -0.15) is 0 Å². The lowest BCUT2D eigenvalue weighted by Crippen LogP contribution is -2.37. The third kappa shape index (κ3) is 11.5. The van der Waals surface area contributed by atoms with E-state index in [2.05, 4.69) is 41.5 Å². The minimum atomic E-state index is 0.0298. The Kier molecular flexibility index (Phi) is 9.78. The maximum Gasteiger partial charge on any atom is 0.0633 e. The Morgan fingerprint density at radius 3 is 1.26 bits per heavy atom. The quantitative estimate of drug-likeness (QED) is 0.368. The van der Waals surface area contributed by atoms with Crippen LogP contribution in [0.25, 0.3) is 0 Å². The summed E-state index contributed by atoms with van der Waals surface area (Å²) in [4.78, 5) is 0. The van der Waals surface area contributed by atoms with Gasteiger partial charge in [0.2, 0.25) is 0 Å². The lowest BCUT2D eigenvalue weighted by atomic mass is 9.95. The minimum Gasteiger partial charge on any atom is -0.370 e. The van der Waals surface area contributed by atoms with Crippen LogP contribution in [0.4, 0.5) is 0 Å². The van der Waals surface area contributed by atoms with Crippen LogP contribution in [0.2, 0.25) is 0 Å². The van der Waals surface area contributed by atoms with Crippen molar-refractivity contribution in [3.63, 3.8) is 0 Å². The predicted molar refractivity (Wildman–Crippen MR) is 86.8 cm³/mol. The topological polar surface area (TPSA) is 9.23 Å². The van der Waals surface area contributed by atoms with E-state index in [0.29, 0.717) is 0 Å². The van der Waals surface area contributed by atoms with Crippen molar-refractivity contribution >= 4 is 0 Å². The Labute approximate surface area is 122 Å². The molecular formula is C18H38O. The first-order valence-corrected chi connectivity index (χ1v) is 8.53. The third-order valence-electron chi connectivity index (χ3n) is 3.82. The summed E-state index contributed by atoms with van der Waals surface area (Å²) in [5.41, 5.74) is 0.0595. The fourth-order valence-corrected chi connectivity index (χ4v) is 2.81. The van der Waals surface area contributed by atoms with Crippen LogP contribution in [0.1, 0.15) is 106 Å². The van der Waals surface area contributed by atoms with E-state index in [-0.39, 0.29) is 11.2 Å². The molecule has 0 aliphatic heterocycles. The van der Waals surface area contributed by atoms with Gasteiger partial charge in [-0.25, -0.2) is 0 Å². The zero-order chi connectivity index (χ0) is 14.8. The SMILES string of the molecule is CCCCCCC(C)(C)OC(C)(C)CCCCCC. The lowest BCUT2D eigenvalue weighted by molar-refractivity contribution is -0.130. The maximum atomic E-state index is 6.39. The van der Waals surface area contributed by atoms with Crippen molar-refractivity contribution in [2.24, 2.45) is 0 Å². The van der Waals surface area contributed by atoms with E-state index in [0.717, 1.165) is 0 Å². The van der Waals surface area contributed by atoms with Gasteiger partial charge in [0.05, 0.1) is 11.2 Å². The molecule has 0 bridgehead atoms. The van der Waals surface area contributed by atoms with Gasteiger partial charge >= 0.3 is 0 Å². The normalized spacial score (nSPS) is 12.9. The van der Waals surface area contributed by atoms with Crippen LogP contribution < -0.4 is 0 Å². The number of ether oxygens (including phenoxy) is 1. The van der Waals surface area contributed by atoms with Crippen LogP contribution in [-0.4, -0.2) is 11.2 Å². The van der Waals surface area contributed by atoms with E-state index < -0.39 is 0 Å². The Bertz CT molecular complexity index is 184. The largest absolute Gasteiger partial charge is 0.370 e. The van der Waals surface area contributed by atoms with Crippen molar-refractivity contribution in [2.45, 2.75) is 117 Å². The summed E-state index contributed by atoms with van der Waals surface area (Å²) in [7, 11) is 0. The summed E-state index contributed by atoms with van der Waals surface area (Å²) >= 11 is 0. The molecule has 0 saturated carbocycles. The molecule has 0 fully saturated rings. The van der Waals surface area contributed by atoms with Crippen LogP contribution in [0.3, 0.4) is 0 Å². The lowest BCUT2D eigenvalue weighted by Gasteiger charge is -2.36. The summed E-state index contributed by atoms with van der Waals surface area (Å²) in [6.07, 6.45) is 13.0. The first kappa shape index (κ1) is 19.0. The standard InChI is InChI=1S/C18H38O/c1-7-9-11-13-15-17(3,4)19-18(5,6)16-14-12-10-8-2/h7-16H2,1-6H3. The summed E-state index contributed by atoms with van der Waals surface area (Å²) in [5.74, 6) is 0. The zero-order valence-corrected chi connectivity index (χ0v) is 14.5. The Balaban J connectivity index is 3.93. The monoisotopic (exact) mass is 270 g/mol. The van der Waals surface area contributed by atoms with E-state index >= 15 is 0 Å². The van der Waals surface area contributed by atoms with Crippen molar-refractivity contribution in [1.82, 2.24) is 0 Å². The number of unbranched alkanes of at least 4 members (excludes halogenated alkanes) is 6. The second kappa shape index (κ2) is 9.80. The molecule has 0 amide bonds. The van der Waals surface area contributed by atoms with Crippen LogP contribution in [-0.2, 0) is 4.74 Å². The Hall–Kier alpha value is -0.0400. The third-order valence-corrected chi connectivity index (χ3v) is 3.82. The summed E-state index contributed by atoms with van der Waals surface area (Å²) < 4.78 is 6.39. The van der Waals surface area contributed by atoms with E-state index in [9.17, 15) is 0 Å². The number of hydrogen-bond acceptors (Lipinski definition) is 1. The molecule has 0 N–H and O–H groups in total. The van der Waals surface area contributed by atoms with Gasteiger partial charge in [-0.05, 0) is 40.5 Å². The minimum absolute atomic E-state index is 0.0298. The highest BCUT2D eigenvalue weighted by molar-refractivity contribution is 4.77. The smallest absolute Gasteiger partial charge is 0.0633 e. The van der Waals surface area contributed by atoms with Crippen LogP contribution in [0, 0.1) is 0 Å². The molecule has 1 nitrogen and oxygen atoms in total. The van der Waals surface area contributed by atoms with Crippen LogP contribution in [0.5, 0.6) is 0 Å². The highest BCUT2D eigenvalue weighted by Gasteiger charge is 2.28. The molecule has 116 valence electrons. The molecule has 0 saturated heterocycles. The van der Waals surface area contributed by atoms with Crippen molar-refractivity contribution in [2.75, 3.05) is 0 Å². The molecule has 0 unspecified atom stereocenters. The molecule has 0 aromatic carbocycles. The molecule has 0 atom stereocenters. The van der Waals surface area contributed by atoms with E-state index in [1.54, 1.807) is 0 Å². The van der Waals surface area contributed by atoms with Gasteiger partial charge in [0.25, 0.3) is 0 Å². The van der Waals surface area contributed by atoms with E-state index in [1.165, 1.54) is 64.2 Å². The summed E-state index contributed by atoms with van der Waals surface area (Å²) in [6.45, 7) is 13.6. The average Bonchev–Trinajstić information content (AvgIpc) is 2.29. The van der Waals surface area contributed by atoms with Gasteiger partial charge in [0, 0.05) is 0 Å². The molecule has 0 heterocycles. The van der Waals surface area contributed by atoms with Crippen molar-refractivity contribution in [3.05, 3.63) is 0 Å². The summed E-state index contributed by atoms with van der Waals surface area (Å²) in [5, 5.41) is 0. The predicted octanol–water partition coefficient (Wildman–Crippen LogP) is 6.50. The maximum absolute atomic E-state index is 6.39. The fourth-order valence-electron chi connectivity index (χ4n) is 2.81. The summed E-state index contributed by atoms with van der Waals surface area (Å²) in [6, 6.07) is 0. The average molecular weight is 271 g/mol. The zero-order valence-electron chi connectivity index (χ0n) is 14.5. The molecule has 1 heteroatoms. The molecule has 0 radical (unpaired) electrons. The molecule has 0 aliphatic rings. The molecule has 0 aromatic rings. The second-order valence-corrected chi connectivity index (χ2v) is 7.24. The molecule has 0 aliphatic carbocycles. The fraction of sp³-hybridized carbons (Fsp3) is 1.00. The van der Waals surface area contributed by atoms with Crippen molar-refractivity contribution < 1.29 is 4.74 Å². The van der Waals surface area contributed by atoms with Gasteiger partial charge in [0.15, 0.2) is 0 Å². The van der Waals surface area contributed by atoms with E-state index in [4.69, 9.17) is 4.74 Å². The van der Waals surface area contributed by atoms with Gasteiger partial charge in [0.1, 0.15) is 0 Å². The van der Waals surface area contributed by atoms with Crippen LogP contribution >= 0.6 is 0 Å². The van der Waals surface area contributed by atoms with Gasteiger partial charge in [-0.1, -0.05) is 65.2 Å². The Morgan fingerprint density at radius 2 is 0.947 bits per heavy atom. The van der Waals surface area contributed by atoms with Crippen molar-refractivity contribution in [1.29, 1.82) is 0 Å². The number of rotatable bonds is 12. The molecular weight excluding hydrogens is 232 g/mol. The number of hydrogen-bond donors (Lipinski definition) is 0. The van der Waals surface area contributed by atoms with Crippen molar-refractivity contribution in [3.8, 4) is 0 Å². The van der Waals surface area contributed by atoms with Crippen LogP contribution in [0.15, 0.2) is 0 Å². The molecule has 19 heavy (non-hydrogen) atoms. The van der Waals surface area contributed by atoms with Gasteiger partial charge in [-0.15, -0.1) is 0 Å². The highest BCUT2D eigenvalue weighted by atomic mass is 16.5. The van der Waals surface area contributed by atoms with Gasteiger partial charge < -0.3 is 4.74 Å². The van der Waals surface area contributed by atoms with Gasteiger partial charge in [-0.3, -0.25) is 0 Å². The highest BCUT2D eigenvalue weighted by Crippen LogP contribution is 2.29. The first-order valence-electron chi connectivity index (χ1n) is 8.53. The molecule has 0 spiro atoms.